The maximum Gasteiger partial charge on any atom is 0.355 e. The summed E-state index contributed by atoms with van der Waals surface area (Å²) in [5.41, 5.74) is -0.116. The molecule has 1 heterocycles. The van der Waals surface area contributed by atoms with Crippen LogP contribution in [0, 0.1) is 0 Å². The quantitative estimate of drug-likeness (QED) is 0.792. The molecule has 1 amide bonds. The molecule has 0 aromatic carbocycles. The van der Waals surface area contributed by atoms with Gasteiger partial charge in [0.05, 0.1) is 6.61 Å². The van der Waals surface area contributed by atoms with Gasteiger partial charge < -0.3 is 15.2 Å². The molecule has 88 valence electrons. The molecule has 0 fully saturated rings. The Hall–Kier alpha value is -1.47. The van der Waals surface area contributed by atoms with E-state index in [-0.39, 0.29) is 22.7 Å². The summed E-state index contributed by atoms with van der Waals surface area (Å²) in [6.45, 7) is 2.18. The topological polar surface area (TPSA) is 88.5 Å². The summed E-state index contributed by atoms with van der Waals surface area (Å²) in [6.07, 6.45) is 0. The molecule has 0 aliphatic carbocycles. The number of rotatable bonds is 5. The van der Waals surface area contributed by atoms with Crippen LogP contribution in [-0.2, 0) is 4.74 Å². The number of carbonyl (C=O) groups excluding carboxylic acids is 1. The number of hydrogen-bond acceptors (Lipinski definition) is 5. The summed E-state index contributed by atoms with van der Waals surface area (Å²) in [5, 5.41) is 12.7. The van der Waals surface area contributed by atoms with Crippen molar-refractivity contribution in [1.82, 2.24) is 10.3 Å². The molecule has 1 atom stereocenters. The Morgan fingerprint density at radius 1 is 1.69 bits per heavy atom. The minimum Gasteiger partial charge on any atom is -0.476 e. The second-order valence-electron chi connectivity index (χ2n) is 3.17. The van der Waals surface area contributed by atoms with Crippen molar-refractivity contribution in [1.29, 1.82) is 0 Å². The van der Waals surface area contributed by atoms with Crippen molar-refractivity contribution in [2.24, 2.45) is 0 Å². The maximum atomic E-state index is 11.6. The van der Waals surface area contributed by atoms with Crippen LogP contribution in [-0.4, -0.2) is 41.7 Å². The molecule has 1 unspecified atom stereocenters. The molecule has 0 spiro atoms. The molecule has 0 bridgehead atoms. The smallest absolute Gasteiger partial charge is 0.355 e. The average molecular weight is 244 g/mol. The van der Waals surface area contributed by atoms with Gasteiger partial charge >= 0.3 is 5.97 Å². The lowest BCUT2D eigenvalue weighted by Gasteiger charge is -2.10. The Balaban J connectivity index is 2.62. The normalized spacial score (nSPS) is 12.1. The van der Waals surface area contributed by atoms with Crippen LogP contribution in [0.25, 0.3) is 0 Å². The van der Waals surface area contributed by atoms with E-state index < -0.39 is 5.97 Å². The highest BCUT2D eigenvalue weighted by molar-refractivity contribution is 7.11. The third kappa shape index (κ3) is 3.28. The number of carboxylic acid groups (broad SMARTS) is 1. The van der Waals surface area contributed by atoms with Gasteiger partial charge in [0, 0.05) is 18.5 Å². The molecule has 16 heavy (non-hydrogen) atoms. The zero-order chi connectivity index (χ0) is 12.1. The van der Waals surface area contributed by atoms with Crippen LogP contribution in [0.5, 0.6) is 0 Å². The molecule has 6 nitrogen and oxygen atoms in total. The molecular formula is C9H12N2O4S. The number of carboxylic acids is 1. The first-order valence-electron chi connectivity index (χ1n) is 4.53. The van der Waals surface area contributed by atoms with Crippen molar-refractivity contribution in [2.75, 3.05) is 13.7 Å². The molecule has 1 aromatic rings. The van der Waals surface area contributed by atoms with Crippen molar-refractivity contribution in [3.05, 3.63) is 16.1 Å². The van der Waals surface area contributed by atoms with Crippen LogP contribution in [0.15, 0.2) is 5.38 Å². The lowest BCUT2D eigenvalue weighted by Crippen LogP contribution is -2.35. The highest BCUT2D eigenvalue weighted by Crippen LogP contribution is 2.09. The molecule has 0 radical (unpaired) electrons. The Morgan fingerprint density at radius 3 is 2.88 bits per heavy atom. The number of hydrogen-bond donors (Lipinski definition) is 2. The van der Waals surface area contributed by atoms with Gasteiger partial charge in [-0.1, -0.05) is 0 Å². The Kier molecular flexibility index (Phi) is 4.39. The van der Waals surface area contributed by atoms with E-state index in [9.17, 15) is 9.59 Å². The zero-order valence-corrected chi connectivity index (χ0v) is 9.71. The minimum atomic E-state index is -1.14. The minimum absolute atomic E-state index is 0.116. The van der Waals surface area contributed by atoms with E-state index in [1.54, 1.807) is 6.92 Å². The second kappa shape index (κ2) is 5.57. The van der Waals surface area contributed by atoms with E-state index in [2.05, 4.69) is 10.3 Å². The summed E-state index contributed by atoms with van der Waals surface area (Å²) >= 11 is 1.00. The highest BCUT2D eigenvalue weighted by Gasteiger charge is 2.16. The first-order chi connectivity index (χ1) is 7.54. The summed E-state index contributed by atoms with van der Waals surface area (Å²) in [7, 11) is 1.54. The summed E-state index contributed by atoms with van der Waals surface area (Å²) in [4.78, 5) is 25.8. The van der Waals surface area contributed by atoms with Gasteiger partial charge in [-0.2, -0.15) is 0 Å². The maximum absolute atomic E-state index is 11.6. The molecule has 1 aromatic heterocycles. The number of aromatic nitrogens is 1. The molecule has 2 N–H and O–H groups in total. The Labute approximate surface area is 96.3 Å². The van der Waals surface area contributed by atoms with Crippen LogP contribution < -0.4 is 5.32 Å². The SMILES string of the molecule is COCC(C)NC(=O)c1nc(C(=O)O)cs1. The standard InChI is InChI=1S/C9H12N2O4S/c1-5(3-15-2)10-7(12)8-11-6(4-16-8)9(13)14/h4-5H,3H2,1-2H3,(H,10,12)(H,13,14). The third-order valence-electron chi connectivity index (χ3n) is 1.71. The van der Waals surface area contributed by atoms with Gasteiger partial charge in [0.15, 0.2) is 10.7 Å². The van der Waals surface area contributed by atoms with Crippen LogP contribution >= 0.6 is 11.3 Å². The first kappa shape index (κ1) is 12.6. The van der Waals surface area contributed by atoms with Gasteiger partial charge in [0.25, 0.3) is 5.91 Å². The monoisotopic (exact) mass is 244 g/mol. The van der Waals surface area contributed by atoms with Gasteiger partial charge in [0.1, 0.15) is 0 Å². The van der Waals surface area contributed by atoms with Crippen molar-refractivity contribution in [3.63, 3.8) is 0 Å². The van der Waals surface area contributed by atoms with Crippen molar-refractivity contribution in [3.8, 4) is 0 Å². The Morgan fingerprint density at radius 2 is 2.38 bits per heavy atom. The van der Waals surface area contributed by atoms with Gasteiger partial charge in [0.2, 0.25) is 0 Å². The fourth-order valence-corrected chi connectivity index (χ4v) is 1.75. The molecule has 0 aliphatic rings. The van der Waals surface area contributed by atoms with Crippen LogP contribution in [0.2, 0.25) is 0 Å². The number of carbonyl (C=O) groups is 2. The summed E-state index contributed by atoms with van der Waals surface area (Å²) < 4.78 is 4.86. The van der Waals surface area contributed by atoms with Gasteiger partial charge in [-0.3, -0.25) is 4.79 Å². The molecule has 0 aliphatic heterocycles. The highest BCUT2D eigenvalue weighted by atomic mass is 32.1. The van der Waals surface area contributed by atoms with Gasteiger partial charge in [-0.05, 0) is 6.92 Å². The lowest BCUT2D eigenvalue weighted by molar-refractivity contribution is 0.0691. The number of ether oxygens (including phenoxy) is 1. The van der Waals surface area contributed by atoms with E-state index in [0.717, 1.165) is 11.3 Å². The van der Waals surface area contributed by atoms with Gasteiger partial charge in [-0.15, -0.1) is 11.3 Å². The predicted octanol–water partition coefficient (Wildman–Crippen LogP) is 0.606. The summed E-state index contributed by atoms with van der Waals surface area (Å²) in [5.74, 6) is -1.53. The molecule has 0 saturated heterocycles. The number of methoxy groups -OCH3 is 1. The molecule has 0 saturated carbocycles. The molecule has 7 heteroatoms. The van der Waals surface area contributed by atoms with Crippen molar-refractivity contribution >= 4 is 23.2 Å². The van der Waals surface area contributed by atoms with Crippen LogP contribution in [0.3, 0.4) is 0 Å². The Bertz CT molecular complexity index is 391. The third-order valence-corrected chi connectivity index (χ3v) is 2.55. The molecular weight excluding hydrogens is 232 g/mol. The summed E-state index contributed by atoms with van der Waals surface area (Å²) in [6, 6.07) is -0.144. The van der Waals surface area contributed by atoms with Crippen LogP contribution in [0.1, 0.15) is 27.2 Å². The van der Waals surface area contributed by atoms with E-state index in [1.165, 1.54) is 12.5 Å². The van der Waals surface area contributed by atoms with E-state index >= 15 is 0 Å². The lowest BCUT2D eigenvalue weighted by atomic mass is 10.3. The van der Waals surface area contributed by atoms with E-state index in [0.29, 0.717) is 6.61 Å². The van der Waals surface area contributed by atoms with E-state index in [4.69, 9.17) is 9.84 Å². The second-order valence-corrected chi connectivity index (χ2v) is 4.03. The number of nitrogens with zero attached hydrogens (tertiary/aromatic N) is 1. The van der Waals surface area contributed by atoms with Crippen LogP contribution in [0.4, 0.5) is 0 Å². The number of thiazole rings is 1. The van der Waals surface area contributed by atoms with E-state index in [1.807, 2.05) is 0 Å². The number of aromatic carboxylic acids is 1. The van der Waals surface area contributed by atoms with Crippen molar-refractivity contribution < 1.29 is 19.4 Å². The predicted molar refractivity (Wildman–Crippen MR) is 57.9 cm³/mol. The van der Waals surface area contributed by atoms with Gasteiger partial charge in [-0.25, -0.2) is 9.78 Å². The fourth-order valence-electron chi connectivity index (χ4n) is 1.05. The number of amides is 1. The molecule has 1 rings (SSSR count). The first-order valence-corrected chi connectivity index (χ1v) is 5.41. The number of nitrogens with one attached hydrogen (secondary N) is 1. The average Bonchev–Trinajstić information content (AvgIpc) is 2.66. The fraction of sp³-hybridized carbons (Fsp3) is 0.444. The van der Waals surface area contributed by atoms with Crippen molar-refractivity contribution in [2.45, 2.75) is 13.0 Å². The zero-order valence-electron chi connectivity index (χ0n) is 8.89. The largest absolute Gasteiger partial charge is 0.476 e.